The molecule has 0 radical (unpaired) electrons. The van der Waals surface area contributed by atoms with Crippen LogP contribution in [0.25, 0.3) is 0 Å². The zero-order valence-corrected chi connectivity index (χ0v) is 10.8. The molecule has 2 heterocycles. The van der Waals surface area contributed by atoms with E-state index >= 15 is 0 Å². The van der Waals surface area contributed by atoms with Gasteiger partial charge in [0.15, 0.2) is 0 Å². The van der Waals surface area contributed by atoms with E-state index in [-0.39, 0.29) is 12.2 Å². The zero-order valence-electron chi connectivity index (χ0n) is 9.20. The van der Waals surface area contributed by atoms with Crippen LogP contribution in [-0.4, -0.2) is 42.7 Å². The van der Waals surface area contributed by atoms with Crippen LogP contribution in [0.4, 0.5) is 8.78 Å². The number of rotatable bonds is 3. The van der Waals surface area contributed by atoms with Gasteiger partial charge in [-0.15, -0.1) is 0 Å². The lowest BCUT2D eigenvalue weighted by Gasteiger charge is -2.29. The Labute approximate surface area is 107 Å². The lowest BCUT2D eigenvalue weighted by Crippen LogP contribution is -2.42. The first-order valence-electron chi connectivity index (χ1n) is 5.38. The Balaban J connectivity index is 2.04. The summed E-state index contributed by atoms with van der Waals surface area (Å²) in [4.78, 5) is 5.46. The topological polar surface area (TPSA) is 25.4 Å². The van der Waals surface area contributed by atoms with E-state index in [1.54, 1.807) is 11.0 Å². The molecule has 1 aliphatic heterocycles. The maximum absolute atomic E-state index is 13.9. The van der Waals surface area contributed by atoms with Crippen LogP contribution in [0.5, 0.6) is 0 Å². The molecule has 0 aromatic carbocycles. The van der Waals surface area contributed by atoms with E-state index in [2.05, 4.69) is 20.9 Å². The SMILES string of the molecule is FC(F)(CN1CCOCC1)c1ccc(Br)cn1. The van der Waals surface area contributed by atoms with Crippen molar-refractivity contribution in [3.05, 3.63) is 28.5 Å². The summed E-state index contributed by atoms with van der Waals surface area (Å²) in [7, 11) is 0. The lowest BCUT2D eigenvalue weighted by atomic mass is 10.2. The Morgan fingerprint density at radius 2 is 2.06 bits per heavy atom. The van der Waals surface area contributed by atoms with E-state index in [4.69, 9.17) is 4.74 Å². The van der Waals surface area contributed by atoms with Gasteiger partial charge in [-0.1, -0.05) is 0 Å². The van der Waals surface area contributed by atoms with Crippen LogP contribution in [0.15, 0.2) is 22.8 Å². The molecule has 1 aromatic rings. The maximum atomic E-state index is 13.9. The highest BCUT2D eigenvalue weighted by atomic mass is 79.9. The van der Waals surface area contributed by atoms with E-state index in [1.165, 1.54) is 12.3 Å². The van der Waals surface area contributed by atoms with Crippen molar-refractivity contribution >= 4 is 15.9 Å². The van der Waals surface area contributed by atoms with Crippen LogP contribution in [0.3, 0.4) is 0 Å². The summed E-state index contributed by atoms with van der Waals surface area (Å²) >= 11 is 3.18. The first-order valence-corrected chi connectivity index (χ1v) is 6.17. The molecule has 0 spiro atoms. The standard InChI is InChI=1S/C11H13BrF2N2O/c12-9-1-2-10(15-7-9)11(13,14)8-16-3-5-17-6-4-16/h1-2,7H,3-6,8H2. The summed E-state index contributed by atoms with van der Waals surface area (Å²) in [6, 6.07) is 2.93. The van der Waals surface area contributed by atoms with Crippen molar-refractivity contribution in [2.45, 2.75) is 5.92 Å². The molecule has 2 rings (SSSR count). The molecular formula is C11H13BrF2N2O. The molecule has 0 atom stereocenters. The number of nitrogens with zero attached hydrogens (tertiary/aromatic N) is 2. The van der Waals surface area contributed by atoms with E-state index in [0.29, 0.717) is 30.8 Å². The summed E-state index contributed by atoms with van der Waals surface area (Å²) in [5, 5.41) is 0. The van der Waals surface area contributed by atoms with E-state index in [9.17, 15) is 8.78 Å². The molecule has 1 aromatic heterocycles. The third kappa shape index (κ3) is 3.43. The maximum Gasteiger partial charge on any atom is 0.302 e. The van der Waals surface area contributed by atoms with Crippen molar-refractivity contribution < 1.29 is 13.5 Å². The first kappa shape index (κ1) is 12.9. The zero-order chi connectivity index (χ0) is 12.3. The molecule has 17 heavy (non-hydrogen) atoms. The van der Waals surface area contributed by atoms with Crippen molar-refractivity contribution in [3.8, 4) is 0 Å². The third-order valence-electron chi connectivity index (χ3n) is 2.63. The Kier molecular flexibility index (Phi) is 4.06. The Hall–Kier alpha value is -0.590. The minimum Gasteiger partial charge on any atom is -0.379 e. The molecule has 3 nitrogen and oxygen atoms in total. The molecule has 0 saturated carbocycles. The number of hydrogen-bond acceptors (Lipinski definition) is 3. The average molecular weight is 307 g/mol. The Bertz CT molecular complexity index is 366. The van der Waals surface area contributed by atoms with Crippen molar-refractivity contribution in [2.75, 3.05) is 32.8 Å². The number of ether oxygens (including phenoxy) is 1. The van der Waals surface area contributed by atoms with Gasteiger partial charge in [0.2, 0.25) is 0 Å². The number of hydrogen-bond donors (Lipinski definition) is 0. The predicted molar refractivity (Wildman–Crippen MR) is 63.1 cm³/mol. The number of halogens is 3. The highest BCUT2D eigenvalue weighted by Gasteiger charge is 2.35. The first-order chi connectivity index (χ1) is 8.08. The van der Waals surface area contributed by atoms with Gasteiger partial charge in [0.05, 0.1) is 19.8 Å². The van der Waals surface area contributed by atoms with Crippen molar-refractivity contribution in [1.29, 1.82) is 0 Å². The van der Waals surface area contributed by atoms with Crippen molar-refractivity contribution in [1.82, 2.24) is 9.88 Å². The molecule has 0 N–H and O–H groups in total. The Morgan fingerprint density at radius 1 is 1.35 bits per heavy atom. The fraction of sp³-hybridized carbons (Fsp3) is 0.545. The van der Waals surface area contributed by atoms with Crippen molar-refractivity contribution in [3.63, 3.8) is 0 Å². The van der Waals surface area contributed by atoms with E-state index in [1.807, 2.05) is 0 Å². The summed E-state index contributed by atoms with van der Waals surface area (Å²) in [5.41, 5.74) is -0.188. The van der Waals surface area contributed by atoms with Crippen molar-refractivity contribution in [2.24, 2.45) is 0 Å². The number of aromatic nitrogens is 1. The van der Waals surface area contributed by atoms with Gasteiger partial charge in [0, 0.05) is 23.8 Å². The molecule has 0 amide bonds. The summed E-state index contributed by atoms with van der Waals surface area (Å²) in [6.45, 7) is 1.83. The number of alkyl halides is 2. The Morgan fingerprint density at radius 3 is 2.65 bits per heavy atom. The van der Waals surface area contributed by atoms with Gasteiger partial charge >= 0.3 is 5.92 Å². The molecular weight excluding hydrogens is 294 g/mol. The predicted octanol–water partition coefficient (Wildman–Crippen LogP) is 2.27. The highest BCUT2D eigenvalue weighted by molar-refractivity contribution is 9.10. The van der Waals surface area contributed by atoms with Crippen LogP contribution < -0.4 is 0 Å². The molecule has 1 aliphatic rings. The molecule has 0 bridgehead atoms. The fourth-order valence-electron chi connectivity index (χ4n) is 1.71. The van der Waals surface area contributed by atoms with E-state index < -0.39 is 5.92 Å². The number of morpholine rings is 1. The van der Waals surface area contributed by atoms with Gasteiger partial charge in [-0.2, -0.15) is 8.78 Å². The van der Waals surface area contributed by atoms with Crippen LogP contribution in [0, 0.1) is 0 Å². The molecule has 6 heteroatoms. The normalized spacial score (nSPS) is 18.3. The quantitative estimate of drug-likeness (QED) is 0.856. The minimum atomic E-state index is -2.92. The molecule has 0 aliphatic carbocycles. The molecule has 1 saturated heterocycles. The molecule has 1 fully saturated rings. The fourth-order valence-corrected chi connectivity index (χ4v) is 1.95. The summed E-state index contributed by atoms with van der Waals surface area (Å²) < 4.78 is 33.6. The smallest absolute Gasteiger partial charge is 0.302 e. The van der Waals surface area contributed by atoms with Gasteiger partial charge in [-0.05, 0) is 28.1 Å². The minimum absolute atomic E-state index is 0.188. The lowest BCUT2D eigenvalue weighted by molar-refractivity contribution is -0.0645. The van der Waals surface area contributed by atoms with Crippen LogP contribution >= 0.6 is 15.9 Å². The largest absolute Gasteiger partial charge is 0.379 e. The monoisotopic (exact) mass is 306 g/mol. The second-order valence-electron chi connectivity index (χ2n) is 3.95. The second kappa shape index (κ2) is 5.37. The third-order valence-corrected chi connectivity index (χ3v) is 3.10. The van der Waals surface area contributed by atoms with Crippen LogP contribution in [0.1, 0.15) is 5.69 Å². The number of pyridine rings is 1. The van der Waals surface area contributed by atoms with Gasteiger partial charge in [0.1, 0.15) is 5.69 Å². The van der Waals surface area contributed by atoms with Gasteiger partial charge in [-0.3, -0.25) is 9.88 Å². The second-order valence-corrected chi connectivity index (χ2v) is 4.87. The van der Waals surface area contributed by atoms with E-state index in [0.717, 1.165) is 0 Å². The average Bonchev–Trinajstić information content (AvgIpc) is 2.30. The molecule has 0 unspecified atom stereocenters. The summed E-state index contributed by atoms with van der Waals surface area (Å²) in [6.07, 6.45) is 1.39. The van der Waals surface area contributed by atoms with Gasteiger partial charge in [-0.25, -0.2) is 0 Å². The van der Waals surface area contributed by atoms with Crippen LogP contribution in [-0.2, 0) is 10.7 Å². The van der Waals surface area contributed by atoms with Gasteiger partial charge in [0.25, 0.3) is 0 Å². The van der Waals surface area contributed by atoms with Gasteiger partial charge < -0.3 is 4.74 Å². The summed E-state index contributed by atoms with van der Waals surface area (Å²) in [5.74, 6) is -2.92. The van der Waals surface area contributed by atoms with Crippen LogP contribution in [0.2, 0.25) is 0 Å². The highest BCUT2D eigenvalue weighted by Crippen LogP contribution is 2.28. The molecule has 94 valence electrons.